The second-order valence-electron chi connectivity index (χ2n) is 4.12. The summed E-state index contributed by atoms with van der Waals surface area (Å²) >= 11 is 0. The fourth-order valence-corrected chi connectivity index (χ4v) is 1.95. The first-order valence-corrected chi connectivity index (χ1v) is 5.30. The molecule has 0 spiro atoms. The van der Waals surface area contributed by atoms with Crippen molar-refractivity contribution >= 4 is 0 Å². The van der Waals surface area contributed by atoms with Crippen LogP contribution in [0.2, 0.25) is 0 Å². The van der Waals surface area contributed by atoms with Crippen LogP contribution in [0.4, 0.5) is 0 Å². The van der Waals surface area contributed by atoms with E-state index in [1.165, 1.54) is 0 Å². The molecule has 1 aromatic rings. The summed E-state index contributed by atoms with van der Waals surface area (Å²) in [7, 11) is 0. The van der Waals surface area contributed by atoms with Crippen LogP contribution in [0, 0.1) is 5.92 Å². The molecule has 0 amide bonds. The van der Waals surface area contributed by atoms with E-state index in [2.05, 4.69) is 17.1 Å². The van der Waals surface area contributed by atoms with Gasteiger partial charge in [0.2, 0.25) is 0 Å². The highest BCUT2D eigenvalue weighted by Crippen LogP contribution is 2.09. The molecule has 1 aliphatic rings. The molecule has 0 bridgehead atoms. The number of nitrogens with zero attached hydrogens (tertiary/aromatic N) is 1. The molecule has 1 unspecified atom stereocenters. The summed E-state index contributed by atoms with van der Waals surface area (Å²) in [4.78, 5) is 2.45. The monoisotopic (exact) mass is 194 g/mol. The van der Waals surface area contributed by atoms with Gasteiger partial charge in [0.25, 0.3) is 0 Å². The van der Waals surface area contributed by atoms with Crippen LogP contribution in [-0.4, -0.2) is 31.1 Å². The number of hydrogen-bond acceptors (Lipinski definition) is 3. The first-order valence-electron chi connectivity index (χ1n) is 5.30. The lowest BCUT2D eigenvalue weighted by atomic mass is 10.2. The Labute approximate surface area is 85.1 Å². The third-order valence-corrected chi connectivity index (χ3v) is 2.63. The van der Waals surface area contributed by atoms with Crippen molar-refractivity contribution in [1.82, 2.24) is 10.2 Å². The zero-order valence-electron chi connectivity index (χ0n) is 8.70. The summed E-state index contributed by atoms with van der Waals surface area (Å²) < 4.78 is 5.35. The Morgan fingerprint density at radius 2 is 2.57 bits per heavy atom. The standard InChI is InChI=1S/C11H18N2O/c1-10-7-12-4-5-13(8-10)9-11-3-2-6-14-11/h2-3,6,10,12H,4-5,7-9H2,1H3. The summed E-state index contributed by atoms with van der Waals surface area (Å²) in [5.41, 5.74) is 0. The van der Waals surface area contributed by atoms with E-state index in [-0.39, 0.29) is 0 Å². The Bertz CT molecular complexity index is 258. The van der Waals surface area contributed by atoms with Gasteiger partial charge in [-0.1, -0.05) is 6.92 Å². The first-order chi connectivity index (χ1) is 6.84. The van der Waals surface area contributed by atoms with E-state index in [1.54, 1.807) is 6.26 Å². The van der Waals surface area contributed by atoms with Gasteiger partial charge in [-0.2, -0.15) is 0 Å². The van der Waals surface area contributed by atoms with Crippen LogP contribution in [0.3, 0.4) is 0 Å². The van der Waals surface area contributed by atoms with E-state index < -0.39 is 0 Å². The molecular weight excluding hydrogens is 176 g/mol. The van der Waals surface area contributed by atoms with Crippen molar-refractivity contribution in [3.63, 3.8) is 0 Å². The second kappa shape index (κ2) is 4.62. The van der Waals surface area contributed by atoms with Crippen molar-refractivity contribution < 1.29 is 4.42 Å². The van der Waals surface area contributed by atoms with Crippen LogP contribution in [0.25, 0.3) is 0 Å². The van der Waals surface area contributed by atoms with Crippen LogP contribution >= 0.6 is 0 Å². The minimum Gasteiger partial charge on any atom is -0.468 e. The fourth-order valence-electron chi connectivity index (χ4n) is 1.95. The SMILES string of the molecule is CC1CNCCN(Cc2ccco2)C1. The molecule has 1 fully saturated rings. The number of rotatable bonds is 2. The summed E-state index contributed by atoms with van der Waals surface area (Å²) in [5, 5.41) is 3.43. The summed E-state index contributed by atoms with van der Waals surface area (Å²) in [6.45, 7) is 7.73. The molecule has 1 saturated heterocycles. The summed E-state index contributed by atoms with van der Waals surface area (Å²) in [6, 6.07) is 4.00. The highest BCUT2D eigenvalue weighted by atomic mass is 16.3. The van der Waals surface area contributed by atoms with Crippen molar-refractivity contribution in [2.75, 3.05) is 26.2 Å². The van der Waals surface area contributed by atoms with Crippen molar-refractivity contribution in [3.05, 3.63) is 24.2 Å². The Hall–Kier alpha value is -0.800. The Morgan fingerprint density at radius 1 is 1.64 bits per heavy atom. The van der Waals surface area contributed by atoms with Gasteiger partial charge in [0.1, 0.15) is 5.76 Å². The molecule has 2 rings (SSSR count). The number of nitrogens with one attached hydrogen (secondary N) is 1. The predicted octanol–water partition coefficient (Wildman–Crippen LogP) is 1.32. The summed E-state index contributed by atoms with van der Waals surface area (Å²) in [6.07, 6.45) is 1.74. The Kier molecular flexibility index (Phi) is 3.22. The third-order valence-electron chi connectivity index (χ3n) is 2.63. The molecule has 3 nitrogen and oxygen atoms in total. The maximum absolute atomic E-state index is 5.35. The highest BCUT2D eigenvalue weighted by Gasteiger charge is 2.14. The maximum Gasteiger partial charge on any atom is 0.117 e. The molecule has 3 heteroatoms. The molecule has 78 valence electrons. The van der Waals surface area contributed by atoms with Gasteiger partial charge in [-0.15, -0.1) is 0 Å². The van der Waals surface area contributed by atoms with Gasteiger partial charge in [-0.3, -0.25) is 4.90 Å². The molecule has 1 N–H and O–H groups in total. The van der Waals surface area contributed by atoms with Crippen molar-refractivity contribution in [2.24, 2.45) is 5.92 Å². The Balaban J connectivity index is 1.90. The molecule has 0 aliphatic carbocycles. The normalized spacial score (nSPS) is 24.8. The lowest BCUT2D eigenvalue weighted by Crippen LogP contribution is -2.28. The zero-order valence-corrected chi connectivity index (χ0v) is 8.70. The van der Waals surface area contributed by atoms with E-state index in [0.717, 1.165) is 44.4 Å². The van der Waals surface area contributed by atoms with Gasteiger partial charge in [-0.25, -0.2) is 0 Å². The molecule has 0 radical (unpaired) electrons. The van der Waals surface area contributed by atoms with Crippen LogP contribution in [0.5, 0.6) is 0 Å². The van der Waals surface area contributed by atoms with E-state index in [1.807, 2.05) is 12.1 Å². The van der Waals surface area contributed by atoms with E-state index in [0.29, 0.717) is 0 Å². The van der Waals surface area contributed by atoms with Crippen molar-refractivity contribution in [1.29, 1.82) is 0 Å². The predicted molar refractivity (Wildman–Crippen MR) is 56.0 cm³/mol. The average Bonchev–Trinajstić information content (AvgIpc) is 2.56. The lowest BCUT2D eigenvalue weighted by Gasteiger charge is -2.20. The molecule has 0 aromatic carbocycles. The second-order valence-corrected chi connectivity index (χ2v) is 4.12. The van der Waals surface area contributed by atoms with Crippen LogP contribution < -0.4 is 5.32 Å². The lowest BCUT2D eigenvalue weighted by molar-refractivity contribution is 0.236. The zero-order chi connectivity index (χ0) is 9.80. The van der Waals surface area contributed by atoms with Crippen molar-refractivity contribution in [3.8, 4) is 0 Å². The molecule has 0 saturated carbocycles. The molecule has 1 aromatic heterocycles. The topological polar surface area (TPSA) is 28.4 Å². The van der Waals surface area contributed by atoms with Gasteiger partial charge < -0.3 is 9.73 Å². The fraction of sp³-hybridized carbons (Fsp3) is 0.636. The summed E-state index contributed by atoms with van der Waals surface area (Å²) in [5.74, 6) is 1.80. The molecule has 14 heavy (non-hydrogen) atoms. The van der Waals surface area contributed by atoms with E-state index in [9.17, 15) is 0 Å². The van der Waals surface area contributed by atoms with Crippen LogP contribution in [0.1, 0.15) is 12.7 Å². The average molecular weight is 194 g/mol. The number of furan rings is 1. The molecule has 1 atom stereocenters. The Morgan fingerprint density at radius 3 is 3.36 bits per heavy atom. The van der Waals surface area contributed by atoms with Crippen LogP contribution in [-0.2, 0) is 6.54 Å². The van der Waals surface area contributed by atoms with Crippen LogP contribution in [0.15, 0.2) is 22.8 Å². The largest absolute Gasteiger partial charge is 0.468 e. The maximum atomic E-state index is 5.35. The number of hydrogen-bond donors (Lipinski definition) is 1. The van der Waals surface area contributed by atoms with Gasteiger partial charge in [0.05, 0.1) is 12.8 Å². The molecular formula is C11H18N2O. The first kappa shape index (κ1) is 9.74. The minimum atomic E-state index is 0.729. The molecule has 1 aliphatic heterocycles. The minimum absolute atomic E-state index is 0.729. The van der Waals surface area contributed by atoms with Crippen molar-refractivity contribution in [2.45, 2.75) is 13.5 Å². The van der Waals surface area contributed by atoms with Gasteiger partial charge in [0, 0.05) is 19.6 Å². The van der Waals surface area contributed by atoms with E-state index >= 15 is 0 Å². The smallest absolute Gasteiger partial charge is 0.117 e. The third kappa shape index (κ3) is 2.59. The quantitative estimate of drug-likeness (QED) is 0.769. The van der Waals surface area contributed by atoms with E-state index in [4.69, 9.17) is 4.42 Å². The molecule has 2 heterocycles. The van der Waals surface area contributed by atoms with Gasteiger partial charge >= 0.3 is 0 Å². The van der Waals surface area contributed by atoms with Gasteiger partial charge in [-0.05, 0) is 24.6 Å². The highest BCUT2D eigenvalue weighted by molar-refractivity contribution is 4.98. The van der Waals surface area contributed by atoms with Gasteiger partial charge in [0.15, 0.2) is 0 Å².